The molecule has 0 saturated carbocycles. The summed E-state index contributed by atoms with van der Waals surface area (Å²) in [5.41, 5.74) is -1.53. The molecule has 1 aliphatic rings. The van der Waals surface area contributed by atoms with Crippen LogP contribution in [0.5, 0.6) is 11.5 Å². The van der Waals surface area contributed by atoms with Crippen molar-refractivity contribution in [2.24, 2.45) is 0 Å². The zero-order valence-corrected chi connectivity index (χ0v) is 17.9. The van der Waals surface area contributed by atoms with Crippen molar-refractivity contribution in [3.63, 3.8) is 0 Å². The van der Waals surface area contributed by atoms with Crippen molar-refractivity contribution in [2.75, 3.05) is 17.4 Å². The second-order valence-corrected chi connectivity index (χ2v) is 7.53. The molecule has 1 aliphatic heterocycles. The molecule has 12 heteroatoms. The SMILES string of the molecule is O=C(Cn1cc(C(F)(F)F)cc(Cl)c1=O)Nc1ccccc1C(=O)Nc1ccc2c(c1)OCO2. The van der Waals surface area contributed by atoms with Gasteiger partial charge in [0.25, 0.3) is 11.5 Å². The fourth-order valence-electron chi connectivity index (χ4n) is 3.18. The van der Waals surface area contributed by atoms with Crippen LogP contribution in [0.25, 0.3) is 0 Å². The van der Waals surface area contributed by atoms with Gasteiger partial charge in [-0.2, -0.15) is 13.2 Å². The van der Waals surface area contributed by atoms with E-state index in [1.54, 1.807) is 30.3 Å². The molecule has 2 heterocycles. The van der Waals surface area contributed by atoms with E-state index in [0.29, 0.717) is 34.0 Å². The first-order valence-corrected chi connectivity index (χ1v) is 10.1. The summed E-state index contributed by atoms with van der Waals surface area (Å²) in [7, 11) is 0. The van der Waals surface area contributed by atoms with Crippen LogP contribution in [-0.4, -0.2) is 23.2 Å². The predicted molar refractivity (Wildman–Crippen MR) is 116 cm³/mol. The van der Waals surface area contributed by atoms with Crippen LogP contribution >= 0.6 is 11.6 Å². The normalized spacial score (nSPS) is 12.4. The Kier molecular flexibility index (Phi) is 6.20. The van der Waals surface area contributed by atoms with Gasteiger partial charge in [-0.1, -0.05) is 23.7 Å². The average Bonchev–Trinajstić information content (AvgIpc) is 3.24. The molecular formula is C22H15ClF3N3O5. The van der Waals surface area contributed by atoms with Crippen LogP contribution in [0.3, 0.4) is 0 Å². The number of carbonyl (C=O) groups is 2. The van der Waals surface area contributed by atoms with Crippen LogP contribution in [0.4, 0.5) is 24.5 Å². The third-order valence-electron chi connectivity index (χ3n) is 4.76. The highest BCUT2D eigenvalue weighted by Crippen LogP contribution is 2.34. The third kappa shape index (κ3) is 4.99. The molecule has 0 atom stereocenters. The topological polar surface area (TPSA) is 98.7 Å². The van der Waals surface area contributed by atoms with Crippen LogP contribution in [-0.2, 0) is 17.5 Å². The zero-order chi connectivity index (χ0) is 24.5. The number of rotatable bonds is 5. The maximum atomic E-state index is 13.0. The highest BCUT2D eigenvalue weighted by atomic mass is 35.5. The lowest BCUT2D eigenvalue weighted by Gasteiger charge is -2.14. The molecule has 4 rings (SSSR count). The number of nitrogens with one attached hydrogen (secondary N) is 2. The number of hydrogen-bond donors (Lipinski definition) is 2. The van der Waals surface area contributed by atoms with Gasteiger partial charge in [0.1, 0.15) is 11.6 Å². The van der Waals surface area contributed by atoms with Crippen LogP contribution in [0.1, 0.15) is 15.9 Å². The Morgan fingerprint density at radius 3 is 2.53 bits per heavy atom. The zero-order valence-electron chi connectivity index (χ0n) is 17.1. The Bertz CT molecular complexity index is 1340. The predicted octanol–water partition coefficient (Wildman–Crippen LogP) is 4.14. The summed E-state index contributed by atoms with van der Waals surface area (Å²) in [6.45, 7) is -0.678. The molecule has 3 aromatic rings. The van der Waals surface area contributed by atoms with E-state index in [9.17, 15) is 27.6 Å². The van der Waals surface area contributed by atoms with Crippen LogP contribution in [0.15, 0.2) is 59.5 Å². The van der Waals surface area contributed by atoms with Gasteiger partial charge in [-0.3, -0.25) is 14.4 Å². The smallest absolute Gasteiger partial charge is 0.417 e. The number of aromatic nitrogens is 1. The van der Waals surface area contributed by atoms with Crippen LogP contribution in [0.2, 0.25) is 5.02 Å². The average molecular weight is 494 g/mol. The molecule has 2 N–H and O–H groups in total. The Balaban J connectivity index is 1.51. The number of pyridine rings is 1. The minimum atomic E-state index is -4.75. The maximum absolute atomic E-state index is 13.0. The molecule has 0 spiro atoms. The van der Waals surface area contributed by atoms with Gasteiger partial charge in [0.05, 0.1) is 16.8 Å². The van der Waals surface area contributed by atoms with E-state index in [1.807, 2.05) is 0 Å². The highest BCUT2D eigenvalue weighted by Gasteiger charge is 2.32. The summed E-state index contributed by atoms with van der Waals surface area (Å²) in [5.74, 6) is -0.393. The molecular weight excluding hydrogens is 479 g/mol. The minimum absolute atomic E-state index is 0.0712. The lowest BCUT2D eigenvalue weighted by molar-refractivity contribution is -0.138. The Morgan fingerprint density at radius 2 is 1.76 bits per heavy atom. The number of para-hydroxylation sites is 1. The number of benzene rings is 2. The molecule has 0 fully saturated rings. The monoisotopic (exact) mass is 493 g/mol. The van der Waals surface area contributed by atoms with Gasteiger partial charge in [-0.15, -0.1) is 0 Å². The summed E-state index contributed by atoms with van der Waals surface area (Å²) in [4.78, 5) is 37.4. The molecule has 34 heavy (non-hydrogen) atoms. The Morgan fingerprint density at radius 1 is 1.03 bits per heavy atom. The van der Waals surface area contributed by atoms with Gasteiger partial charge in [-0.25, -0.2) is 0 Å². The molecule has 2 amide bonds. The van der Waals surface area contributed by atoms with Crippen molar-refractivity contribution in [1.29, 1.82) is 0 Å². The molecule has 1 aromatic heterocycles. The minimum Gasteiger partial charge on any atom is -0.454 e. The Labute approximate surface area is 194 Å². The number of hydrogen-bond acceptors (Lipinski definition) is 5. The number of carbonyl (C=O) groups excluding carboxylic acids is 2. The molecule has 0 aliphatic carbocycles. The number of fused-ring (bicyclic) bond motifs is 1. The molecule has 176 valence electrons. The second-order valence-electron chi connectivity index (χ2n) is 7.12. The van der Waals surface area contributed by atoms with Crippen molar-refractivity contribution >= 4 is 34.8 Å². The van der Waals surface area contributed by atoms with E-state index < -0.39 is 40.7 Å². The van der Waals surface area contributed by atoms with E-state index in [4.69, 9.17) is 21.1 Å². The molecule has 0 saturated heterocycles. The molecule has 0 bridgehead atoms. The van der Waals surface area contributed by atoms with E-state index in [2.05, 4.69) is 10.6 Å². The van der Waals surface area contributed by atoms with Gasteiger partial charge >= 0.3 is 6.18 Å². The third-order valence-corrected chi connectivity index (χ3v) is 5.03. The van der Waals surface area contributed by atoms with Crippen LogP contribution in [0, 0.1) is 0 Å². The molecule has 2 aromatic carbocycles. The standard InChI is InChI=1S/C22H15ClF3N3O5/c23-15-7-12(22(24,25)26)9-29(21(15)32)10-19(30)28-16-4-2-1-3-14(16)20(31)27-13-5-6-17-18(8-13)34-11-33-17/h1-9H,10-11H2,(H,27,31)(H,28,30). The van der Waals surface area contributed by atoms with E-state index >= 15 is 0 Å². The van der Waals surface area contributed by atoms with Crippen molar-refractivity contribution in [2.45, 2.75) is 12.7 Å². The number of anilines is 2. The summed E-state index contributed by atoms with van der Waals surface area (Å²) in [6, 6.07) is 11.3. The first-order chi connectivity index (χ1) is 16.1. The lowest BCUT2D eigenvalue weighted by Crippen LogP contribution is -2.29. The fraction of sp³-hybridized carbons (Fsp3) is 0.136. The molecule has 0 unspecified atom stereocenters. The summed E-state index contributed by atoms with van der Waals surface area (Å²) >= 11 is 5.61. The number of ether oxygens (including phenoxy) is 2. The maximum Gasteiger partial charge on any atom is 0.417 e. The van der Waals surface area contributed by atoms with E-state index in [1.165, 1.54) is 12.1 Å². The van der Waals surface area contributed by atoms with Crippen LogP contribution < -0.4 is 25.7 Å². The van der Waals surface area contributed by atoms with Gasteiger partial charge in [0.15, 0.2) is 11.5 Å². The quantitative estimate of drug-likeness (QED) is 0.556. The molecule has 0 radical (unpaired) electrons. The van der Waals surface area contributed by atoms with Crippen molar-refractivity contribution in [3.05, 3.63) is 81.2 Å². The first kappa shape index (κ1) is 23.2. The number of alkyl halides is 3. The van der Waals surface area contributed by atoms with Crippen molar-refractivity contribution < 1.29 is 32.2 Å². The summed E-state index contributed by atoms with van der Waals surface area (Å²) in [5, 5.41) is 4.44. The van der Waals surface area contributed by atoms with Gasteiger partial charge in [-0.05, 0) is 30.3 Å². The fourth-order valence-corrected chi connectivity index (χ4v) is 3.41. The first-order valence-electron chi connectivity index (χ1n) is 9.69. The number of nitrogens with zero attached hydrogens (tertiary/aromatic N) is 1. The number of amides is 2. The second kappa shape index (κ2) is 9.10. The van der Waals surface area contributed by atoms with Gasteiger partial charge < -0.3 is 24.7 Å². The van der Waals surface area contributed by atoms with Crippen molar-refractivity contribution in [1.82, 2.24) is 4.57 Å². The highest BCUT2D eigenvalue weighted by molar-refractivity contribution is 6.30. The van der Waals surface area contributed by atoms with E-state index in [-0.39, 0.29) is 18.0 Å². The van der Waals surface area contributed by atoms with Gasteiger partial charge in [0, 0.05) is 18.0 Å². The largest absolute Gasteiger partial charge is 0.454 e. The Hall–Kier alpha value is -3.99. The van der Waals surface area contributed by atoms with Crippen molar-refractivity contribution in [3.8, 4) is 11.5 Å². The van der Waals surface area contributed by atoms with Gasteiger partial charge in [0.2, 0.25) is 12.7 Å². The summed E-state index contributed by atoms with van der Waals surface area (Å²) < 4.78 is 50.1. The number of halogens is 4. The summed E-state index contributed by atoms with van der Waals surface area (Å²) in [6.07, 6.45) is -4.25. The molecule has 8 nitrogen and oxygen atoms in total. The lowest BCUT2D eigenvalue weighted by atomic mass is 10.1. The van der Waals surface area contributed by atoms with E-state index in [0.717, 1.165) is 0 Å².